The van der Waals surface area contributed by atoms with Crippen molar-refractivity contribution in [1.29, 1.82) is 0 Å². The maximum atomic E-state index is 5.35. The van der Waals surface area contributed by atoms with E-state index in [1.165, 1.54) is 0 Å². The highest BCUT2D eigenvalue weighted by molar-refractivity contribution is 9.10. The number of hydrogen-bond acceptors (Lipinski definition) is 4. The molecule has 0 fully saturated rings. The first-order chi connectivity index (χ1) is 8.72. The molecule has 0 spiro atoms. The summed E-state index contributed by atoms with van der Waals surface area (Å²) in [4.78, 5) is 9.09. The number of ether oxygens (including phenoxy) is 1. The van der Waals surface area contributed by atoms with Gasteiger partial charge >= 0.3 is 0 Å². The molecule has 0 aromatic carbocycles. The number of hydrogen-bond donors (Lipinski definition) is 1. The molecule has 0 aliphatic heterocycles. The number of aryl methyl sites for hydroxylation is 1. The van der Waals surface area contributed by atoms with Crippen LogP contribution < -0.4 is 5.32 Å². The lowest BCUT2D eigenvalue weighted by Crippen LogP contribution is -2.10. The van der Waals surface area contributed by atoms with Crippen molar-refractivity contribution in [2.75, 3.05) is 25.1 Å². The molecule has 0 atom stereocenters. The third-order valence-corrected chi connectivity index (χ3v) is 3.35. The number of halogens is 1. The van der Waals surface area contributed by atoms with Crippen LogP contribution in [0.4, 0.5) is 5.82 Å². The molecule has 0 aliphatic carbocycles. The van der Waals surface area contributed by atoms with E-state index < -0.39 is 0 Å². The Bertz CT molecular complexity index is 371. The Morgan fingerprint density at radius 1 is 1.22 bits per heavy atom. The van der Waals surface area contributed by atoms with Crippen molar-refractivity contribution in [3.05, 3.63) is 16.0 Å². The summed E-state index contributed by atoms with van der Waals surface area (Å²) in [5.74, 6) is 1.75. The van der Waals surface area contributed by atoms with Gasteiger partial charge in [0.25, 0.3) is 0 Å². The fourth-order valence-corrected chi connectivity index (χ4v) is 2.16. The molecule has 1 aromatic heterocycles. The van der Waals surface area contributed by atoms with E-state index >= 15 is 0 Å². The van der Waals surface area contributed by atoms with Gasteiger partial charge in [0.15, 0.2) is 0 Å². The monoisotopic (exact) mass is 315 g/mol. The van der Waals surface area contributed by atoms with Gasteiger partial charge in [-0.15, -0.1) is 0 Å². The first-order valence-electron chi connectivity index (χ1n) is 6.59. The van der Waals surface area contributed by atoms with E-state index in [4.69, 9.17) is 4.74 Å². The minimum Gasteiger partial charge on any atom is -0.381 e. The van der Waals surface area contributed by atoms with Crippen molar-refractivity contribution in [1.82, 2.24) is 9.97 Å². The van der Waals surface area contributed by atoms with Gasteiger partial charge in [-0.2, -0.15) is 0 Å². The van der Waals surface area contributed by atoms with Crippen LogP contribution in [0.25, 0.3) is 0 Å². The smallest absolute Gasteiger partial charge is 0.144 e. The number of nitrogens with one attached hydrogen (secondary N) is 1. The van der Waals surface area contributed by atoms with Gasteiger partial charge in [0.2, 0.25) is 0 Å². The van der Waals surface area contributed by atoms with E-state index in [2.05, 4.69) is 45.1 Å². The van der Waals surface area contributed by atoms with Gasteiger partial charge < -0.3 is 10.1 Å². The maximum absolute atomic E-state index is 5.35. The summed E-state index contributed by atoms with van der Waals surface area (Å²) in [6.07, 6.45) is 2.73. The fourth-order valence-electron chi connectivity index (χ4n) is 1.56. The van der Waals surface area contributed by atoms with Crippen LogP contribution in [0.5, 0.6) is 0 Å². The van der Waals surface area contributed by atoms with Crippen molar-refractivity contribution in [2.45, 2.75) is 40.0 Å². The summed E-state index contributed by atoms with van der Waals surface area (Å²) in [6, 6.07) is 0. The summed E-state index contributed by atoms with van der Waals surface area (Å²) < 4.78 is 6.33. The molecule has 1 N–H and O–H groups in total. The third kappa shape index (κ3) is 4.53. The Labute approximate surface area is 118 Å². The van der Waals surface area contributed by atoms with Crippen LogP contribution in [0, 0.1) is 0 Å². The average molecular weight is 316 g/mol. The molecule has 1 aromatic rings. The van der Waals surface area contributed by atoms with Crippen LogP contribution >= 0.6 is 15.9 Å². The Morgan fingerprint density at radius 3 is 2.61 bits per heavy atom. The largest absolute Gasteiger partial charge is 0.381 e. The van der Waals surface area contributed by atoms with Crippen molar-refractivity contribution in [2.24, 2.45) is 0 Å². The van der Waals surface area contributed by atoms with Crippen molar-refractivity contribution in [3.63, 3.8) is 0 Å². The lowest BCUT2D eigenvalue weighted by Gasteiger charge is -2.11. The molecular weight excluding hydrogens is 294 g/mol. The predicted octanol–water partition coefficient (Wildman–Crippen LogP) is 3.20. The van der Waals surface area contributed by atoms with Crippen LogP contribution in [0.15, 0.2) is 4.47 Å². The van der Waals surface area contributed by atoms with E-state index in [1.54, 1.807) is 0 Å². The minimum atomic E-state index is 0.675. The first-order valence-corrected chi connectivity index (χ1v) is 7.39. The first kappa shape index (κ1) is 15.4. The van der Waals surface area contributed by atoms with Gasteiger partial charge in [-0.25, -0.2) is 9.97 Å². The molecule has 0 saturated carbocycles. The van der Waals surface area contributed by atoms with Gasteiger partial charge in [0, 0.05) is 19.6 Å². The van der Waals surface area contributed by atoms with Crippen molar-refractivity contribution < 1.29 is 4.74 Å². The molecule has 0 amide bonds. The molecule has 18 heavy (non-hydrogen) atoms. The molecule has 0 unspecified atom stereocenters. The van der Waals surface area contributed by atoms with Crippen molar-refractivity contribution in [3.8, 4) is 0 Å². The molecule has 5 heteroatoms. The topological polar surface area (TPSA) is 47.0 Å². The fraction of sp³-hybridized carbons (Fsp3) is 0.692. The van der Waals surface area contributed by atoms with Crippen LogP contribution in [0.1, 0.15) is 38.7 Å². The van der Waals surface area contributed by atoms with Gasteiger partial charge in [-0.05, 0) is 35.7 Å². The zero-order chi connectivity index (χ0) is 13.4. The molecule has 0 saturated heterocycles. The standard InChI is InChI=1S/C13H22BrN3O/c1-4-8-15-13-12(14)10(5-2)16-11(17-13)7-9-18-6-3/h4-9H2,1-3H3,(H,15,16,17). The summed E-state index contributed by atoms with van der Waals surface area (Å²) in [5, 5.41) is 3.33. The SMILES string of the molecule is CCCNc1nc(CCOCC)nc(CC)c1Br. The third-order valence-electron chi connectivity index (χ3n) is 2.52. The molecule has 0 radical (unpaired) electrons. The normalized spacial score (nSPS) is 10.7. The Hall–Kier alpha value is -0.680. The Balaban J connectivity index is 2.83. The summed E-state index contributed by atoms with van der Waals surface area (Å²) >= 11 is 3.57. The maximum Gasteiger partial charge on any atom is 0.144 e. The number of nitrogens with zero attached hydrogens (tertiary/aromatic N) is 2. The van der Waals surface area contributed by atoms with E-state index in [9.17, 15) is 0 Å². The minimum absolute atomic E-state index is 0.675. The second-order valence-electron chi connectivity index (χ2n) is 3.98. The zero-order valence-corrected chi connectivity index (χ0v) is 13.0. The van der Waals surface area contributed by atoms with E-state index in [0.717, 1.165) is 54.2 Å². The molecule has 4 nitrogen and oxygen atoms in total. The van der Waals surface area contributed by atoms with Crippen LogP contribution in [0.3, 0.4) is 0 Å². The lowest BCUT2D eigenvalue weighted by molar-refractivity contribution is 0.149. The van der Waals surface area contributed by atoms with Crippen LogP contribution in [-0.2, 0) is 17.6 Å². The summed E-state index contributed by atoms with van der Waals surface area (Å²) in [5.41, 5.74) is 1.05. The van der Waals surface area contributed by atoms with Gasteiger partial charge in [-0.1, -0.05) is 13.8 Å². The van der Waals surface area contributed by atoms with Gasteiger partial charge in [0.05, 0.1) is 16.8 Å². The Kier molecular flexibility index (Phi) is 7.20. The second kappa shape index (κ2) is 8.43. The summed E-state index contributed by atoms with van der Waals surface area (Å²) in [6.45, 7) is 8.56. The quantitative estimate of drug-likeness (QED) is 0.748. The molecule has 0 bridgehead atoms. The van der Waals surface area contributed by atoms with E-state index in [-0.39, 0.29) is 0 Å². The van der Waals surface area contributed by atoms with Crippen molar-refractivity contribution >= 4 is 21.7 Å². The Morgan fingerprint density at radius 2 is 2.00 bits per heavy atom. The van der Waals surface area contributed by atoms with Gasteiger partial charge in [-0.3, -0.25) is 0 Å². The lowest BCUT2D eigenvalue weighted by atomic mass is 10.3. The van der Waals surface area contributed by atoms with E-state index in [0.29, 0.717) is 6.61 Å². The number of anilines is 1. The zero-order valence-electron chi connectivity index (χ0n) is 11.4. The second-order valence-corrected chi connectivity index (χ2v) is 4.77. The summed E-state index contributed by atoms with van der Waals surface area (Å²) in [7, 11) is 0. The molecule has 0 aliphatic rings. The molecule has 1 heterocycles. The molecule has 102 valence electrons. The highest BCUT2D eigenvalue weighted by Crippen LogP contribution is 2.24. The molecular formula is C13H22BrN3O. The van der Waals surface area contributed by atoms with Gasteiger partial charge in [0.1, 0.15) is 11.6 Å². The van der Waals surface area contributed by atoms with E-state index in [1.807, 2.05) is 6.92 Å². The predicted molar refractivity (Wildman–Crippen MR) is 78.1 cm³/mol. The van der Waals surface area contributed by atoms with Crippen LogP contribution in [-0.4, -0.2) is 29.7 Å². The molecule has 1 rings (SSSR count). The highest BCUT2D eigenvalue weighted by Gasteiger charge is 2.10. The van der Waals surface area contributed by atoms with Crippen LogP contribution in [0.2, 0.25) is 0 Å². The number of rotatable bonds is 8. The number of aromatic nitrogens is 2. The average Bonchev–Trinajstić information content (AvgIpc) is 2.39. The highest BCUT2D eigenvalue weighted by atomic mass is 79.9.